The molecule has 1 fully saturated rings. The van der Waals surface area contributed by atoms with E-state index in [9.17, 15) is 18.0 Å². The van der Waals surface area contributed by atoms with E-state index in [2.05, 4.69) is 15.0 Å². The summed E-state index contributed by atoms with van der Waals surface area (Å²) >= 11 is 6.02. The van der Waals surface area contributed by atoms with Crippen LogP contribution in [0.2, 0.25) is 5.02 Å². The molecule has 0 radical (unpaired) electrons. The van der Waals surface area contributed by atoms with Crippen LogP contribution < -0.4 is 10.0 Å². The van der Waals surface area contributed by atoms with Crippen LogP contribution in [0.5, 0.6) is 0 Å². The number of hydrogen-bond acceptors (Lipinski definition) is 5. The highest BCUT2D eigenvalue weighted by atomic mass is 35.5. The lowest BCUT2D eigenvalue weighted by Gasteiger charge is -2.29. The molecule has 0 bridgehead atoms. The summed E-state index contributed by atoms with van der Waals surface area (Å²) in [5, 5.41) is 3.49. The third-order valence-electron chi connectivity index (χ3n) is 6.41. The summed E-state index contributed by atoms with van der Waals surface area (Å²) in [5.74, 6) is -0.444. The number of rotatable bonds is 12. The van der Waals surface area contributed by atoms with Gasteiger partial charge in [-0.3, -0.25) is 14.6 Å². The minimum atomic E-state index is -3.53. The van der Waals surface area contributed by atoms with Crippen molar-refractivity contribution in [1.29, 1.82) is 0 Å². The lowest BCUT2D eigenvalue weighted by molar-refractivity contribution is -0.140. The maximum atomic E-state index is 13.4. The molecule has 0 saturated heterocycles. The first-order chi connectivity index (χ1) is 18.2. The Morgan fingerprint density at radius 2 is 1.61 bits per heavy atom. The van der Waals surface area contributed by atoms with E-state index in [1.807, 2.05) is 24.3 Å². The summed E-state index contributed by atoms with van der Waals surface area (Å²) < 4.78 is 27.5. The molecule has 4 rings (SSSR count). The summed E-state index contributed by atoms with van der Waals surface area (Å²) in [6.07, 6.45) is 5.64. The van der Waals surface area contributed by atoms with E-state index in [0.717, 1.165) is 29.5 Å². The first-order valence-electron chi connectivity index (χ1n) is 12.5. The maximum absolute atomic E-state index is 13.4. The summed E-state index contributed by atoms with van der Waals surface area (Å²) in [6, 6.07) is 16.7. The zero-order valence-electron chi connectivity index (χ0n) is 21.1. The van der Waals surface area contributed by atoms with Crippen molar-refractivity contribution in [3.05, 3.63) is 94.8 Å². The predicted octanol–water partition coefficient (Wildman–Crippen LogP) is 3.84. The monoisotopic (exact) mass is 554 g/mol. The Balaban J connectivity index is 1.41. The number of carbonyl (C=O) groups excluding carboxylic acids is 2. The number of nitrogens with one attached hydrogen (secondary N) is 2. The van der Waals surface area contributed by atoms with Gasteiger partial charge in [-0.2, -0.15) is 0 Å². The average molecular weight is 555 g/mol. The summed E-state index contributed by atoms with van der Waals surface area (Å²) in [7, 11) is -3.53. The fraction of sp³-hybridized carbons (Fsp3) is 0.321. The van der Waals surface area contributed by atoms with Crippen molar-refractivity contribution in [3.63, 3.8) is 0 Å². The van der Waals surface area contributed by atoms with E-state index >= 15 is 0 Å². The number of carbonyl (C=O) groups is 2. The first-order valence-corrected chi connectivity index (χ1v) is 14.4. The Morgan fingerprint density at radius 3 is 2.24 bits per heavy atom. The molecule has 1 aliphatic rings. The van der Waals surface area contributed by atoms with Gasteiger partial charge in [-0.05, 0) is 79.3 Å². The van der Waals surface area contributed by atoms with Crippen LogP contribution in [0.25, 0.3) is 0 Å². The molecule has 8 nitrogen and oxygen atoms in total. The smallest absolute Gasteiger partial charge is 0.242 e. The number of hydrogen-bond donors (Lipinski definition) is 2. The zero-order chi connectivity index (χ0) is 27.1. The van der Waals surface area contributed by atoms with Gasteiger partial charge in [0.25, 0.3) is 0 Å². The molecule has 1 heterocycles. The number of nitrogens with zero attached hydrogens (tertiary/aromatic N) is 2. The molecule has 10 heteroatoms. The maximum Gasteiger partial charge on any atom is 0.242 e. The SMILES string of the molecule is C[C@@H](C(=O)NCc1ccncc1)N(Cc1ccc(Cl)cc1)C(=O)CCc1ccc(S(=O)(=O)NC2CC2)cc1. The van der Waals surface area contributed by atoms with Gasteiger partial charge in [0.2, 0.25) is 21.8 Å². The van der Waals surface area contributed by atoms with Crippen molar-refractivity contribution in [3.8, 4) is 0 Å². The minimum Gasteiger partial charge on any atom is -0.350 e. The minimum absolute atomic E-state index is 0.0350. The van der Waals surface area contributed by atoms with E-state index in [4.69, 9.17) is 11.6 Å². The normalized spacial score (nSPS) is 14.1. The molecule has 1 aromatic heterocycles. The Hall–Kier alpha value is -3.27. The largest absolute Gasteiger partial charge is 0.350 e. The van der Waals surface area contributed by atoms with Gasteiger partial charge < -0.3 is 10.2 Å². The van der Waals surface area contributed by atoms with E-state index in [-0.39, 0.29) is 35.7 Å². The molecule has 200 valence electrons. The van der Waals surface area contributed by atoms with Gasteiger partial charge in [0.05, 0.1) is 4.90 Å². The summed E-state index contributed by atoms with van der Waals surface area (Å²) in [6.45, 7) is 2.30. The van der Waals surface area contributed by atoms with E-state index in [1.165, 1.54) is 0 Å². The van der Waals surface area contributed by atoms with Crippen LogP contribution in [-0.4, -0.2) is 42.2 Å². The first kappa shape index (κ1) is 27.8. The summed E-state index contributed by atoms with van der Waals surface area (Å²) in [5.41, 5.74) is 2.60. The van der Waals surface area contributed by atoms with Gasteiger partial charge >= 0.3 is 0 Å². The number of benzene rings is 2. The van der Waals surface area contributed by atoms with Gasteiger partial charge in [0, 0.05) is 43.0 Å². The van der Waals surface area contributed by atoms with Gasteiger partial charge in [-0.15, -0.1) is 0 Å². The molecule has 1 saturated carbocycles. The fourth-order valence-electron chi connectivity index (χ4n) is 3.93. The lowest BCUT2D eigenvalue weighted by atomic mass is 10.1. The van der Waals surface area contributed by atoms with Crippen molar-refractivity contribution < 1.29 is 18.0 Å². The molecule has 2 N–H and O–H groups in total. The number of amides is 2. The highest BCUT2D eigenvalue weighted by molar-refractivity contribution is 7.89. The van der Waals surface area contributed by atoms with Crippen molar-refractivity contribution in [2.24, 2.45) is 0 Å². The predicted molar refractivity (Wildman–Crippen MR) is 146 cm³/mol. The highest BCUT2D eigenvalue weighted by Crippen LogP contribution is 2.22. The fourth-order valence-corrected chi connectivity index (χ4v) is 5.36. The van der Waals surface area contributed by atoms with Crippen LogP contribution in [0.1, 0.15) is 42.9 Å². The Bertz CT molecular complexity index is 1350. The standard InChI is InChI=1S/C28H31ClN4O4S/c1-20(28(35)31-18-22-14-16-30-17-15-22)33(19-23-2-7-24(29)8-3-23)27(34)13-6-21-4-11-26(12-5-21)38(36,37)32-25-9-10-25/h2-5,7-8,11-12,14-17,20,25,32H,6,9-10,13,18-19H2,1H3,(H,31,35)/t20-/m0/s1. The average Bonchev–Trinajstić information content (AvgIpc) is 3.74. The van der Waals surface area contributed by atoms with Crippen LogP contribution in [0.15, 0.2) is 78.0 Å². The molecule has 1 aliphatic carbocycles. The zero-order valence-corrected chi connectivity index (χ0v) is 22.7. The second-order valence-electron chi connectivity index (χ2n) is 9.44. The van der Waals surface area contributed by atoms with Gasteiger partial charge in [0.15, 0.2) is 0 Å². The summed E-state index contributed by atoms with van der Waals surface area (Å²) in [4.78, 5) is 32.1. The van der Waals surface area contributed by atoms with Crippen LogP contribution in [0.4, 0.5) is 0 Å². The van der Waals surface area contributed by atoms with Gasteiger partial charge in [0.1, 0.15) is 6.04 Å². The molecular formula is C28H31ClN4O4S. The van der Waals surface area contributed by atoms with E-state index < -0.39 is 16.1 Å². The second-order valence-corrected chi connectivity index (χ2v) is 11.6. The van der Waals surface area contributed by atoms with Crippen LogP contribution in [0, 0.1) is 0 Å². The molecule has 2 aromatic carbocycles. The lowest BCUT2D eigenvalue weighted by Crippen LogP contribution is -2.47. The third-order valence-corrected chi connectivity index (χ3v) is 8.20. The quantitative estimate of drug-likeness (QED) is 0.353. The Labute approximate surface area is 228 Å². The molecule has 38 heavy (non-hydrogen) atoms. The topological polar surface area (TPSA) is 108 Å². The molecule has 0 unspecified atom stereocenters. The van der Waals surface area contributed by atoms with Crippen LogP contribution >= 0.6 is 11.6 Å². The van der Waals surface area contributed by atoms with E-state index in [0.29, 0.717) is 18.0 Å². The van der Waals surface area contributed by atoms with Crippen molar-refractivity contribution in [2.45, 2.75) is 62.7 Å². The van der Waals surface area contributed by atoms with E-state index in [1.54, 1.807) is 60.6 Å². The van der Waals surface area contributed by atoms with Gasteiger partial charge in [-0.25, -0.2) is 13.1 Å². The number of aromatic nitrogens is 1. The van der Waals surface area contributed by atoms with Gasteiger partial charge in [-0.1, -0.05) is 35.9 Å². The number of pyridine rings is 1. The molecule has 0 aliphatic heterocycles. The molecule has 3 aromatic rings. The number of aryl methyl sites for hydroxylation is 1. The van der Waals surface area contributed by atoms with Crippen LogP contribution in [0.3, 0.4) is 0 Å². The highest BCUT2D eigenvalue weighted by Gasteiger charge is 2.28. The Kier molecular flexibility index (Phi) is 9.14. The molecule has 0 spiro atoms. The van der Waals surface area contributed by atoms with Crippen LogP contribution in [-0.2, 0) is 39.1 Å². The molecule has 1 atom stereocenters. The molecular weight excluding hydrogens is 524 g/mol. The van der Waals surface area contributed by atoms with Crippen molar-refractivity contribution >= 4 is 33.4 Å². The number of halogens is 1. The third kappa shape index (κ3) is 7.86. The Morgan fingerprint density at radius 1 is 0.974 bits per heavy atom. The number of sulfonamides is 1. The molecule has 2 amide bonds. The van der Waals surface area contributed by atoms with Crippen molar-refractivity contribution in [1.82, 2.24) is 19.9 Å². The second kappa shape index (κ2) is 12.5. The van der Waals surface area contributed by atoms with Crippen molar-refractivity contribution in [2.75, 3.05) is 0 Å².